The van der Waals surface area contributed by atoms with Crippen LogP contribution in [0.15, 0.2) is 18.5 Å². The van der Waals surface area contributed by atoms with Crippen molar-refractivity contribution in [3.63, 3.8) is 0 Å². The minimum absolute atomic E-state index is 0.00690. The maximum Gasteiger partial charge on any atom is 0.339 e. The summed E-state index contributed by atoms with van der Waals surface area (Å²) in [6, 6.07) is 1.36. The molecule has 5 heteroatoms. The Kier molecular flexibility index (Phi) is 4.07. The summed E-state index contributed by atoms with van der Waals surface area (Å²) in [7, 11) is 0. The van der Waals surface area contributed by atoms with E-state index in [-0.39, 0.29) is 23.8 Å². The third-order valence-corrected chi connectivity index (χ3v) is 2.78. The summed E-state index contributed by atoms with van der Waals surface area (Å²) in [5.74, 6) is -0.903. The van der Waals surface area contributed by atoms with E-state index in [2.05, 4.69) is 4.98 Å². The number of rotatable bonds is 5. The molecule has 0 aliphatic carbocycles. The van der Waals surface area contributed by atoms with Gasteiger partial charge in [-0.3, -0.25) is 4.98 Å². The van der Waals surface area contributed by atoms with E-state index in [0.29, 0.717) is 0 Å². The first-order valence-electron chi connectivity index (χ1n) is 5.37. The Bertz CT molecular complexity index is 401. The molecule has 0 radical (unpaired) electrons. The van der Waals surface area contributed by atoms with Gasteiger partial charge in [0.25, 0.3) is 0 Å². The number of aliphatic hydroxyl groups is 1. The van der Waals surface area contributed by atoms with Crippen LogP contribution in [0.2, 0.25) is 0 Å². The molecule has 0 amide bonds. The Morgan fingerprint density at radius 1 is 1.59 bits per heavy atom. The topological polar surface area (TPSA) is 79.7 Å². The summed E-state index contributed by atoms with van der Waals surface area (Å²) in [4.78, 5) is 14.7. The van der Waals surface area contributed by atoms with Gasteiger partial charge in [0.15, 0.2) is 5.75 Å². The van der Waals surface area contributed by atoms with Crippen LogP contribution in [0, 0.1) is 5.92 Å². The van der Waals surface area contributed by atoms with Gasteiger partial charge in [0.1, 0.15) is 12.2 Å². The molecule has 1 heterocycles. The van der Waals surface area contributed by atoms with Gasteiger partial charge in [-0.25, -0.2) is 4.79 Å². The van der Waals surface area contributed by atoms with E-state index in [1.54, 1.807) is 6.92 Å². The van der Waals surface area contributed by atoms with Gasteiger partial charge in [0.05, 0.1) is 11.8 Å². The fourth-order valence-electron chi connectivity index (χ4n) is 1.06. The minimum Gasteiger partial charge on any atom is -0.488 e. The molecule has 0 spiro atoms. The Morgan fingerprint density at radius 3 is 2.76 bits per heavy atom. The molecule has 2 N–H and O–H groups in total. The zero-order chi connectivity index (χ0) is 13.1. The molecule has 1 unspecified atom stereocenters. The first-order valence-corrected chi connectivity index (χ1v) is 5.37. The largest absolute Gasteiger partial charge is 0.488 e. The van der Waals surface area contributed by atoms with Gasteiger partial charge in [-0.15, -0.1) is 0 Å². The second kappa shape index (κ2) is 5.14. The zero-order valence-electron chi connectivity index (χ0n) is 10.2. The fourth-order valence-corrected chi connectivity index (χ4v) is 1.06. The summed E-state index contributed by atoms with van der Waals surface area (Å²) < 4.78 is 5.33. The lowest BCUT2D eigenvalue weighted by molar-refractivity contribution is -0.0270. The number of nitrogens with zero attached hydrogens (tertiary/aromatic N) is 1. The predicted molar refractivity (Wildman–Crippen MR) is 62.2 cm³/mol. The number of pyridine rings is 1. The van der Waals surface area contributed by atoms with Crippen molar-refractivity contribution in [2.24, 2.45) is 5.92 Å². The van der Waals surface area contributed by atoms with E-state index in [4.69, 9.17) is 9.84 Å². The van der Waals surface area contributed by atoms with Gasteiger partial charge in [0.2, 0.25) is 0 Å². The smallest absolute Gasteiger partial charge is 0.339 e. The van der Waals surface area contributed by atoms with Crippen LogP contribution in [-0.2, 0) is 0 Å². The van der Waals surface area contributed by atoms with Crippen LogP contribution in [0.5, 0.6) is 5.75 Å². The number of aromatic carboxylic acids is 1. The molecule has 0 saturated carbocycles. The van der Waals surface area contributed by atoms with Crippen LogP contribution in [0.4, 0.5) is 0 Å². The molecule has 1 aromatic heterocycles. The maximum absolute atomic E-state index is 10.9. The molecule has 5 nitrogen and oxygen atoms in total. The van der Waals surface area contributed by atoms with Crippen molar-refractivity contribution in [1.29, 1.82) is 0 Å². The van der Waals surface area contributed by atoms with Crippen molar-refractivity contribution in [3.05, 3.63) is 24.0 Å². The van der Waals surface area contributed by atoms with Crippen LogP contribution in [0.25, 0.3) is 0 Å². The van der Waals surface area contributed by atoms with Crippen molar-refractivity contribution >= 4 is 5.97 Å². The molecule has 1 atom stereocenters. The summed E-state index contributed by atoms with van der Waals surface area (Å²) in [5.41, 5.74) is -0.967. The minimum atomic E-state index is -1.08. The molecular weight excluding hydrogens is 222 g/mol. The second-order valence-electron chi connectivity index (χ2n) is 4.48. The quantitative estimate of drug-likeness (QED) is 0.815. The molecule has 0 aromatic carbocycles. The van der Waals surface area contributed by atoms with Crippen LogP contribution < -0.4 is 4.74 Å². The molecule has 0 aliphatic rings. The molecule has 0 fully saturated rings. The lowest BCUT2D eigenvalue weighted by atomic mass is 9.94. The van der Waals surface area contributed by atoms with E-state index in [0.717, 1.165) is 0 Å². The van der Waals surface area contributed by atoms with Gasteiger partial charge in [0, 0.05) is 6.20 Å². The molecule has 1 aromatic rings. The highest BCUT2D eigenvalue weighted by Crippen LogP contribution is 2.21. The number of carboxylic acids is 1. The monoisotopic (exact) mass is 239 g/mol. The Labute approximate surface area is 100 Å². The highest BCUT2D eigenvalue weighted by atomic mass is 16.5. The maximum atomic E-state index is 10.9. The van der Waals surface area contributed by atoms with E-state index in [1.165, 1.54) is 18.5 Å². The van der Waals surface area contributed by atoms with E-state index in [9.17, 15) is 9.90 Å². The van der Waals surface area contributed by atoms with Gasteiger partial charge >= 0.3 is 5.97 Å². The van der Waals surface area contributed by atoms with Gasteiger partial charge in [-0.1, -0.05) is 13.8 Å². The zero-order valence-corrected chi connectivity index (χ0v) is 10.2. The number of carbonyl (C=O) groups is 1. The number of carboxylic acid groups (broad SMARTS) is 1. The number of ether oxygens (including phenoxy) is 1. The summed E-state index contributed by atoms with van der Waals surface area (Å²) >= 11 is 0. The van der Waals surface area contributed by atoms with Crippen molar-refractivity contribution in [2.75, 3.05) is 6.61 Å². The Hall–Kier alpha value is -1.62. The first-order chi connectivity index (χ1) is 7.84. The van der Waals surface area contributed by atoms with Crippen LogP contribution in [-0.4, -0.2) is 33.4 Å². The van der Waals surface area contributed by atoms with Crippen LogP contribution >= 0.6 is 0 Å². The van der Waals surface area contributed by atoms with Gasteiger partial charge in [-0.2, -0.15) is 0 Å². The molecule has 1 rings (SSSR count). The van der Waals surface area contributed by atoms with Gasteiger partial charge in [-0.05, 0) is 18.9 Å². The molecule has 0 saturated heterocycles. The average Bonchev–Trinajstić information content (AvgIpc) is 2.26. The molecule has 0 aliphatic heterocycles. The number of hydrogen-bond acceptors (Lipinski definition) is 4. The van der Waals surface area contributed by atoms with E-state index < -0.39 is 11.6 Å². The average molecular weight is 239 g/mol. The van der Waals surface area contributed by atoms with Gasteiger partial charge < -0.3 is 14.9 Å². The predicted octanol–water partition coefficient (Wildman–Crippen LogP) is 1.57. The number of aromatic nitrogens is 1. The highest BCUT2D eigenvalue weighted by Gasteiger charge is 2.26. The molecule has 0 bridgehead atoms. The third-order valence-electron chi connectivity index (χ3n) is 2.78. The first kappa shape index (κ1) is 13.4. The fraction of sp³-hybridized carbons (Fsp3) is 0.500. The Morgan fingerprint density at radius 2 is 2.24 bits per heavy atom. The summed E-state index contributed by atoms with van der Waals surface area (Å²) in [6.45, 7) is 5.40. The molecular formula is C12H17NO4. The summed E-state index contributed by atoms with van der Waals surface area (Å²) in [5, 5.41) is 18.9. The second-order valence-corrected chi connectivity index (χ2v) is 4.48. The lowest BCUT2D eigenvalue weighted by Crippen LogP contribution is -2.38. The standard InChI is InChI=1S/C12H17NO4/c1-8(2)12(3,16)7-17-10-6-13-5-4-9(10)11(14)15/h4-6,8,16H,7H2,1-3H3,(H,14,15). The van der Waals surface area contributed by atoms with Crippen LogP contribution in [0.3, 0.4) is 0 Å². The van der Waals surface area contributed by atoms with Crippen molar-refractivity contribution < 1.29 is 19.7 Å². The highest BCUT2D eigenvalue weighted by molar-refractivity contribution is 5.90. The number of hydrogen-bond donors (Lipinski definition) is 2. The van der Waals surface area contributed by atoms with Crippen molar-refractivity contribution in [2.45, 2.75) is 26.4 Å². The van der Waals surface area contributed by atoms with Crippen LogP contribution in [0.1, 0.15) is 31.1 Å². The van der Waals surface area contributed by atoms with Crippen molar-refractivity contribution in [3.8, 4) is 5.75 Å². The van der Waals surface area contributed by atoms with E-state index >= 15 is 0 Å². The Balaban J connectivity index is 2.79. The SMILES string of the molecule is CC(C)C(C)(O)COc1cnccc1C(=O)O. The normalized spacial score (nSPS) is 14.4. The lowest BCUT2D eigenvalue weighted by Gasteiger charge is -2.27. The molecule has 17 heavy (non-hydrogen) atoms. The van der Waals surface area contributed by atoms with Crippen molar-refractivity contribution in [1.82, 2.24) is 4.98 Å². The third kappa shape index (κ3) is 3.42. The summed E-state index contributed by atoms with van der Waals surface area (Å²) in [6.07, 6.45) is 2.72. The molecule has 94 valence electrons. The van der Waals surface area contributed by atoms with E-state index in [1.807, 2.05) is 13.8 Å².